The number of rotatable bonds is 9. The summed E-state index contributed by atoms with van der Waals surface area (Å²) in [5.41, 5.74) is 2.48. The van der Waals surface area contributed by atoms with Gasteiger partial charge in [-0.05, 0) is 42.4 Å². The summed E-state index contributed by atoms with van der Waals surface area (Å²) in [6.45, 7) is 0. The molecule has 1 atom stereocenters. The zero-order valence-electron chi connectivity index (χ0n) is 14.0. The van der Waals surface area contributed by atoms with Crippen LogP contribution in [-0.2, 0) is 14.0 Å². The molecule has 0 bridgehead atoms. The van der Waals surface area contributed by atoms with Gasteiger partial charge in [-0.15, -0.1) is 4.33 Å². The van der Waals surface area contributed by atoms with Crippen molar-refractivity contribution in [2.45, 2.75) is 32.1 Å². The van der Waals surface area contributed by atoms with Crippen molar-refractivity contribution in [1.29, 1.82) is 0 Å². The zero-order valence-corrected chi connectivity index (χ0v) is 15.6. The molecule has 1 aliphatic heterocycles. The number of thiol groups is 1. The van der Waals surface area contributed by atoms with E-state index in [4.69, 9.17) is 30.8 Å². The molecule has 0 radical (unpaired) electrons. The Morgan fingerprint density at radius 3 is 2.96 bits per heavy atom. The Hall–Kier alpha value is -1.61. The van der Waals surface area contributed by atoms with Crippen LogP contribution in [0.3, 0.4) is 0 Å². The molecule has 1 aliphatic rings. The van der Waals surface area contributed by atoms with Crippen LogP contribution in [0.1, 0.15) is 37.7 Å². The first-order valence-corrected chi connectivity index (χ1v) is 9.81. The van der Waals surface area contributed by atoms with Gasteiger partial charge < -0.3 is 9.62 Å². The maximum atomic E-state index is 10.9. The fourth-order valence-corrected chi connectivity index (χ4v) is 3.71. The Morgan fingerprint density at radius 2 is 2.20 bits per heavy atom. The Morgan fingerprint density at radius 1 is 1.40 bits per heavy atom. The number of halogens is 1. The molecule has 1 amide bonds. The molecule has 1 fully saturated rings. The predicted molar refractivity (Wildman–Crippen MR) is 98.2 cm³/mol. The van der Waals surface area contributed by atoms with Gasteiger partial charge in [-0.25, -0.2) is 5.48 Å². The van der Waals surface area contributed by atoms with Crippen LogP contribution in [0.4, 0.5) is 0 Å². The number of nitrogens with one attached hydrogen (secondary N) is 2. The molecule has 3 N–H and O–H groups in total. The third-order valence-electron chi connectivity index (χ3n) is 3.57. The summed E-state index contributed by atoms with van der Waals surface area (Å²) in [6.07, 6.45) is 5.82. The summed E-state index contributed by atoms with van der Waals surface area (Å²) in [5, 5.41) is 9.01. The number of methoxy groups -OCH3 is 1. The van der Waals surface area contributed by atoms with E-state index < -0.39 is 11.4 Å². The highest BCUT2D eigenvalue weighted by Crippen LogP contribution is 2.35. The van der Waals surface area contributed by atoms with E-state index in [1.807, 2.05) is 12.1 Å². The summed E-state index contributed by atoms with van der Waals surface area (Å²) in [7, 11) is 1.59. The van der Waals surface area contributed by atoms with Crippen molar-refractivity contribution in [3.05, 3.63) is 34.7 Å². The largest absolute Gasteiger partial charge is 0.496 e. The monoisotopic (exact) mass is 390 g/mol. The molecule has 1 aromatic rings. The van der Waals surface area contributed by atoms with E-state index >= 15 is 0 Å². The SMILES string of the molecule is COc1cc(Cl)ccc1/C=C1/N[SH](CCCCCCC(=O)NO)OO1. The van der Waals surface area contributed by atoms with Gasteiger partial charge >= 0.3 is 0 Å². The molecule has 140 valence electrons. The molecule has 2 rings (SSSR count). The minimum absolute atomic E-state index is 0.342. The molecule has 0 spiro atoms. The number of benzene rings is 1. The fraction of sp³-hybridized carbons (Fsp3) is 0.438. The van der Waals surface area contributed by atoms with Gasteiger partial charge in [0.05, 0.1) is 7.11 Å². The van der Waals surface area contributed by atoms with E-state index in [-0.39, 0.29) is 5.91 Å². The number of unbranched alkanes of at least 4 members (excludes halogenated alkanes) is 3. The topological polar surface area (TPSA) is 89.1 Å². The Bertz CT molecular complexity index is 614. The normalized spacial score (nSPS) is 19.3. The van der Waals surface area contributed by atoms with Gasteiger partial charge in [0.25, 0.3) is 0 Å². The van der Waals surface area contributed by atoms with Crippen LogP contribution in [0, 0.1) is 0 Å². The first-order valence-electron chi connectivity index (χ1n) is 7.99. The standard InChI is InChI=1S/C16H23ClN2O5S/c1-22-14-11-13(17)8-7-12(14)10-16-19-25(24-23-16)9-5-3-2-4-6-15(20)18-21/h7-8,10-11,19,21,25H,2-6,9H2,1H3,(H,18,20)/b16-10-. The second-order valence-electron chi connectivity index (χ2n) is 5.47. The molecule has 0 saturated carbocycles. The molecule has 7 nitrogen and oxygen atoms in total. The van der Waals surface area contributed by atoms with E-state index in [2.05, 4.69) is 4.72 Å². The lowest BCUT2D eigenvalue weighted by Gasteiger charge is -2.09. The number of hydrogen-bond donors (Lipinski definition) is 4. The lowest BCUT2D eigenvalue weighted by Crippen LogP contribution is -2.17. The minimum atomic E-state index is -0.864. The van der Waals surface area contributed by atoms with E-state index in [0.29, 0.717) is 23.1 Å². The van der Waals surface area contributed by atoms with Crippen molar-refractivity contribution in [2.24, 2.45) is 0 Å². The minimum Gasteiger partial charge on any atom is -0.496 e. The smallest absolute Gasteiger partial charge is 0.243 e. The van der Waals surface area contributed by atoms with Gasteiger partial charge in [0.15, 0.2) is 0 Å². The van der Waals surface area contributed by atoms with Crippen molar-refractivity contribution >= 4 is 34.9 Å². The van der Waals surface area contributed by atoms with Gasteiger partial charge in [-0.1, -0.05) is 24.4 Å². The van der Waals surface area contributed by atoms with Crippen molar-refractivity contribution < 1.29 is 24.0 Å². The molecule has 1 unspecified atom stereocenters. The van der Waals surface area contributed by atoms with Crippen LogP contribution in [0.2, 0.25) is 5.02 Å². The summed E-state index contributed by atoms with van der Waals surface area (Å²) >= 11 is 5.09. The third-order valence-corrected chi connectivity index (χ3v) is 5.26. The highest BCUT2D eigenvalue weighted by molar-refractivity contribution is 8.11. The number of carbonyl (C=O) groups is 1. The molecular weight excluding hydrogens is 368 g/mol. The molecule has 0 aliphatic carbocycles. The highest BCUT2D eigenvalue weighted by Gasteiger charge is 2.18. The van der Waals surface area contributed by atoms with Crippen molar-refractivity contribution in [2.75, 3.05) is 12.9 Å². The van der Waals surface area contributed by atoms with Crippen LogP contribution in [0.25, 0.3) is 6.08 Å². The lowest BCUT2D eigenvalue weighted by atomic mass is 10.1. The van der Waals surface area contributed by atoms with Gasteiger partial charge in [0.2, 0.25) is 11.8 Å². The average molecular weight is 391 g/mol. The number of amides is 1. The van der Waals surface area contributed by atoms with Crippen molar-refractivity contribution in [3.8, 4) is 5.75 Å². The molecule has 0 aromatic heterocycles. The predicted octanol–water partition coefficient (Wildman–Crippen LogP) is 3.49. The summed E-state index contributed by atoms with van der Waals surface area (Å²) < 4.78 is 13.8. The van der Waals surface area contributed by atoms with Crippen LogP contribution in [0.5, 0.6) is 5.75 Å². The molecular formula is C16H23ClN2O5S. The Kier molecular flexibility index (Phi) is 8.20. The van der Waals surface area contributed by atoms with E-state index in [1.165, 1.54) is 0 Å². The molecule has 1 saturated heterocycles. The van der Waals surface area contributed by atoms with Gasteiger partial charge in [-0.3, -0.25) is 14.7 Å². The Balaban J connectivity index is 1.72. The second kappa shape index (κ2) is 10.4. The van der Waals surface area contributed by atoms with Crippen LogP contribution in [-0.4, -0.2) is 24.0 Å². The van der Waals surface area contributed by atoms with Crippen LogP contribution >= 0.6 is 23.0 Å². The number of hydrogen-bond acceptors (Lipinski definition) is 6. The molecule has 1 heterocycles. The van der Waals surface area contributed by atoms with Gasteiger partial charge in [-0.2, -0.15) is 0 Å². The molecule has 9 heteroatoms. The summed E-state index contributed by atoms with van der Waals surface area (Å²) in [5.74, 6) is 1.72. The fourth-order valence-electron chi connectivity index (χ4n) is 2.29. The average Bonchev–Trinajstić information content (AvgIpc) is 3.06. The van der Waals surface area contributed by atoms with E-state index in [1.54, 1.807) is 24.7 Å². The maximum Gasteiger partial charge on any atom is 0.243 e. The molecule has 25 heavy (non-hydrogen) atoms. The Labute approximate surface area is 154 Å². The van der Waals surface area contributed by atoms with Crippen molar-refractivity contribution in [3.63, 3.8) is 0 Å². The first kappa shape index (κ1) is 19.7. The third kappa shape index (κ3) is 6.66. The molecule has 1 aromatic carbocycles. The zero-order chi connectivity index (χ0) is 18.1. The quantitative estimate of drug-likeness (QED) is 0.170. The second-order valence-corrected chi connectivity index (χ2v) is 7.48. The van der Waals surface area contributed by atoms with Crippen molar-refractivity contribution in [1.82, 2.24) is 10.2 Å². The maximum absolute atomic E-state index is 10.9. The number of ether oxygens (including phenoxy) is 1. The van der Waals surface area contributed by atoms with Crippen LogP contribution in [0.15, 0.2) is 24.1 Å². The summed E-state index contributed by atoms with van der Waals surface area (Å²) in [4.78, 5) is 16.1. The summed E-state index contributed by atoms with van der Waals surface area (Å²) in [6, 6.07) is 5.37. The highest BCUT2D eigenvalue weighted by atomic mass is 35.5. The number of hydroxylamine groups is 1. The van der Waals surface area contributed by atoms with Gasteiger partial charge in [0.1, 0.15) is 5.75 Å². The number of carbonyl (C=O) groups excluding carboxylic acids is 1. The van der Waals surface area contributed by atoms with E-state index in [9.17, 15) is 4.79 Å². The van der Waals surface area contributed by atoms with Crippen LogP contribution < -0.4 is 14.9 Å². The lowest BCUT2D eigenvalue weighted by molar-refractivity contribution is -0.135. The van der Waals surface area contributed by atoms with E-state index in [0.717, 1.165) is 37.0 Å². The van der Waals surface area contributed by atoms with Gasteiger partial charge in [0, 0.05) is 28.8 Å². The first-order chi connectivity index (χ1) is 12.1.